The van der Waals surface area contributed by atoms with Gasteiger partial charge < -0.3 is 25.4 Å². The quantitative estimate of drug-likeness (QED) is 0.454. The Bertz CT molecular complexity index is 1010. The van der Waals surface area contributed by atoms with E-state index in [0.717, 1.165) is 22.3 Å². The van der Waals surface area contributed by atoms with Gasteiger partial charge in [-0.15, -0.1) is 0 Å². The monoisotopic (exact) mass is 481 g/mol. The van der Waals surface area contributed by atoms with Crippen molar-refractivity contribution in [1.82, 2.24) is 15.5 Å². The fourth-order valence-corrected chi connectivity index (χ4v) is 4.34. The summed E-state index contributed by atoms with van der Waals surface area (Å²) in [6.07, 6.45) is -0.339. The highest BCUT2D eigenvalue weighted by atomic mass is 16.5. The van der Waals surface area contributed by atoms with E-state index in [2.05, 4.69) is 34.9 Å². The van der Waals surface area contributed by atoms with Crippen molar-refractivity contribution in [3.8, 4) is 11.1 Å². The molecule has 0 spiro atoms. The first-order valence-corrected chi connectivity index (χ1v) is 12.0. The van der Waals surface area contributed by atoms with Crippen LogP contribution in [0.5, 0.6) is 0 Å². The van der Waals surface area contributed by atoms with Crippen LogP contribution in [0.3, 0.4) is 0 Å². The van der Waals surface area contributed by atoms with Crippen LogP contribution in [0.15, 0.2) is 48.5 Å². The van der Waals surface area contributed by atoms with E-state index in [1.807, 2.05) is 57.1 Å². The standard InChI is InChI=1S/C27H35N3O5/c1-17(2)24(15-25(31)28-23(26(32)33)13-14-30(3)4)29-27(34)35-16-22-20-11-7-5-9-18(20)19-10-6-8-12-21(19)22/h5-12,17,22-24H,13-16H2,1-4H3,(H,28,31)(H,29,34)(H,32,33)/t23?,24-/m1/s1. The lowest BCUT2D eigenvalue weighted by Crippen LogP contribution is -2.47. The Morgan fingerprint density at radius 1 is 0.971 bits per heavy atom. The summed E-state index contributed by atoms with van der Waals surface area (Å²) in [5.41, 5.74) is 4.55. The summed E-state index contributed by atoms with van der Waals surface area (Å²) in [7, 11) is 3.68. The second kappa shape index (κ2) is 11.8. The van der Waals surface area contributed by atoms with Crippen LogP contribution in [-0.2, 0) is 14.3 Å². The van der Waals surface area contributed by atoms with Gasteiger partial charge in [0.05, 0.1) is 0 Å². The van der Waals surface area contributed by atoms with Gasteiger partial charge in [-0.05, 0) is 48.7 Å². The summed E-state index contributed by atoms with van der Waals surface area (Å²) < 4.78 is 5.60. The summed E-state index contributed by atoms with van der Waals surface area (Å²) in [6.45, 7) is 4.50. The second-order valence-corrected chi connectivity index (χ2v) is 9.57. The molecule has 0 aromatic heterocycles. The first-order chi connectivity index (χ1) is 16.7. The van der Waals surface area contributed by atoms with Gasteiger partial charge in [-0.25, -0.2) is 9.59 Å². The van der Waals surface area contributed by atoms with Gasteiger partial charge in [-0.1, -0.05) is 62.4 Å². The highest BCUT2D eigenvalue weighted by molar-refractivity contribution is 5.84. The minimum absolute atomic E-state index is 0.0341. The Kier molecular flexibility index (Phi) is 8.87. The number of nitrogens with zero attached hydrogens (tertiary/aromatic N) is 1. The molecule has 3 rings (SSSR count). The molecule has 8 nitrogen and oxygen atoms in total. The number of ether oxygens (including phenoxy) is 1. The number of alkyl carbamates (subject to hydrolysis) is 1. The lowest BCUT2D eigenvalue weighted by Gasteiger charge is -2.24. The van der Waals surface area contributed by atoms with Crippen molar-refractivity contribution in [2.24, 2.45) is 5.92 Å². The third-order valence-electron chi connectivity index (χ3n) is 6.36. The van der Waals surface area contributed by atoms with Gasteiger partial charge >= 0.3 is 12.1 Å². The maximum atomic E-state index is 12.7. The molecule has 1 aliphatic carbocycles. The van der Waals surface area contributed by atoms with Crippen molar-refractivity contribution in [2.45, 2.75) is 44.7 Å². The molecule has 1 aliphatic rings. The zero-order chi connectivity index (χ0) is 25.5. The number of fused-ring (bicyclic) bond motifs is 3. The van der Waals surface area contributed by atoms with E-state index < -0.39 is 30.1 Å². The smallest absolute Gasteiger partial charge is 0.407 e. The average Bonchev–Trinajstić information content (AvgIpc) is 3.13. The molecule has 1 unspecified atom stereocenters. The molecule has 0 radical (unpaired) electrons. The van der Waals surface area contributed by atoms with E-state index >= 15 is 0 Å². The number of nitrogens with one attached hydrogen (secondary N) is 2. The third-order valence-corrected chi connectivity index (χ3v) is 6.36. The lowest BCUT2D eigenvalue weighted by molar-refractivity contribution is -0.142. The molecule has 3 N–H and O–H groups in total. The average molecular weight is 482 g/mol. The molecular weight excluding hydrogens is 446 g/mol. The van der Waals surface area contributed by atoms with E-state index in [4.69, 9.17) is 4.74 Å². The first-order valence-electron chi connectivity index (χ1n) is 12.0. The fourth-order valence-electron chi connectivity index (χ4n) is 4.34. The second-order valence-electron chi connectivity index (χ2n) is 9.57. The van der Waals surface area contributed by atoms with Gasteiger partial charge in [0.2, 0.25) is 5.91 Å². The number of amides is 2. The van der Waals surface area contributed by atoms with Gasteiger partial charge in [0.15, 0.2) is 0 Å². The maximum Gasteiger partial charge on any atom is 0.407 e. The number of carboxylic acid groups (broad SMARTS) is 1. The summed E-state index contributed by atoms with van der Waals surface area (Å²) >= 11 is 0. The number of hydrogen-bond donors (Lipinski definition) is 3. The van der Waals surface area contributed by atoms with Crippen LogP contribution in [0.1, 0.15) is 43.7 Å². The molecule has 0 aliphatic heterocycles. The van der Waals surface area contributed by atoms with Crippen molar-refractivity contribution < 1.29 is 24.2 Å². The molecule has 8 heteroatoms. The Labute approximate surface area is 206 Å². The number of carbonyl (C=O) groups is 3. The lowest BCUT2D eigenvalue weighted by atomic mass is 9.98. The fraction of sp³-hybridized carbons (Fsp3) is 0.444. The largest absolute Gasteiger partial charge is 0.480 e. The highest BCUT2D eigenvalue weighted by Gasteiger charge is 2.30. The third kappa shape index (κ3) is 6.82. The van der Waals surface area contributed by atoms with Crippen molar-refractivity contribution in [3.05, 3.63) is 59.7 Å². The van der Waals surface area contributed by atoms with E-state index in [1.54, 1.807) is 0 Å². The minimum Gasteiger partial charge on any atom is -0.480 e. The molecule has 2 amide bonds. The van der Waals surface area contributed by atoms with Crippen LogP contribution in [0, 0.1) is 5.92 Å². The Morgan fingerprint density at radius 2 is 1.54 bits per heavy atom. The minimum atomic E-state index is -1.08. The van der Waals surface area contributed by atoms with Gasteiger partial charge in [-0.3, -0.25) is 4.79 Å². The Balaban J connectivity index is 1.58. The van der Waals surface area contributed by atoms with Crippen LogP contribution in [-0.4, -0.2) is 67.3 Å². The molecule has 0 saturated carbocycles. The number of carbonyl (C=O) groups excluding carboxylic acids is 2. The number of aliphatic carboxylic acids is 1. The van der Waals surface area contributed by atoms with Gasteiger partial charge in [0.25, 0.3) is 0 Å². The van der Waals surface area contributed by atoms with E-state index in [-0.39, 0.29) is 24.9 Å². The molecule has 2 aromatic carbocycles. The van der Waals surface area contributed by atoms with Gasteiger partial charge in [0, 0.05) is 24.9 Å². The maximum absolute atomic E-state index is 12.7. The molecule has 188 valence electrons. The number of carboxylic acids is 1. The van der Waals surface area contributed by atoms with Crippen molar-refractivity contribution in [3.63, 3.8) is 0 Å². The first kappa shape index (κ1) is 26.2. The predicted octanol–water partition coefficient (Wildman–Crippen LogP) is 3.46. The van der Waals surface area contributed by atoms with Crippen LogP contribution in [0.25, 0.3) is 11.1 Å². The highest BCUT2D eigenvalue weighted by Crippen LogP contribution is 2.44. The van der Waals surface area contributed by atoms with Crippen LogP contribution in [0.2, 0.25) is 0 Å². The van der Waals surface area contributed by atoms with Crippen molar-refractivity contribution in [1.29, 1.82) is 0 Å². The molecule has 2 atom stereocenters. The van der Waals surface area contributed by atoms with Gasteiger partial charge in [0.1, 0.15) is 12.6 Å². The van der Waals surface area contributed by atoms with Crippen molar-refractivity contribution >= 4 is 18.0 Å². The van der Waals surface area contributed by atoms with Crippen LogP contribution < -0.4 is 10.6 Å². The zero-order valence-corrected chi connectivity index (χ0v) is 20.8. The van der Waals surface area contributed by atoms with Crippen LogP contribution in [0.4, 0.5) is 4.79 Å². The van der Waals surface area contributed by atoms with E-state index in [9.17, 15) is 19.5 Å². The summed E-state index contributed by atoms with van der Waals surface area (Å²) in [4.78, 5) is 38.6. The summed E-state index contributed by atoms with van der Waals surface area (Å²) in [6, 6.07) is 14.7. The SMILES string of the molecule is CC(C)[C@@H](CC(=O)NC(CCN(C)C)C(=O)O)NC(=O)OCC1c2ccccc2-c2ccccc21. The summed E-state index contributed by atoms with van der Waals surface area (Å²) in [5.74, 6) is -1.60. The molecule has 0 bridgehead atoms. The van der Waals surface area contributed by atoms with Crippen LogP contribution >= 0.6 is 0 Å². The normalized spacial score (nSPS) is 14.2. The number of rotatable bonds is 11. The number of benzene rings is 2. The Morgan fingerprint density at radius 3 is 2.06 bits per heavy atom. The summed E-state index contributed by atoms with van der Waals surface area (Å²) in [5, 5.41) is 14.8. The molecular formula is C27H35N3O5. The Hall–Kier alpha value is -3.39. The van der Waals surface area contributed by atoms with Gasteiger partial charge in [-0.2, -0.15) is 0 Å². The molecule has 2 aromatic rings. The molecule has 0 saturated heterocycles. The zero-order valence-electron chi connectivity index (χ0n) is 20.8. The molecule has 0 heterocycles. The number of hydrogen-bond acceptors (Lipinski definition) is 5. The van der Waals surface area contributed by atoms with Crippen molar-refractivity contribution in [2.75, 3.05) is 27.2 Å². The molecule has 35 heavy (non-hydrogen) atoms. The van der Waals surface area contributed by atoms with E-state index in [1.165, 1.54) is 0 Å². The van der Waals surface area contributed by atoms with E-state index in [0.29, 0.717) is 13.0 Å². The topological polar surface area (TPSA) is 108 Å². The predicted molar refractivity (Wildman–Crippen MR) is 134 cm³/mol. The molecule has 0 fully saturated rings.